The number of thiophene rings is 1. The normalized spacial score (nSPS) is 10.6. The van der Waals surface area contributed by atoms with Crippen molar-refractivity contribution in [1.29, 1.82) is 0 Å². The van der Waals surface area contributed by atoms with E-state index in [-0.39, 0.29) is 5.43 Å². The summed E-state index contributed by atoms with van der Waals surface area (Å²) in [5.74, 6) is 0. The molecule has 0 amide bonds. The minimum absolute atomic E-state index is 0.127. The second-order valence-electron chi connectivity index (χ2n) is 3.22. The van der Waals surface area contributed by atoms with Crippen LogP contribution in [0, 0.1) is 13.8 Å². The van der Waals surface area contributed by atoms with Crippen molar-refractivity contribution in [3.8, 4) is 0 Å². The van der Waals surface area contributed by atoms with Crippen molar-refractivity contribution in [3.05, 3.63) is 44.9 Å². The standard InChI is InChI=1S/C11H10OS/c1-7-3-4-11-9(10(12)5-7)6-8(2)13-11/h3-6H,1-2H3. The summed E-state index contributed by atoms with van der Waals surface area (Å²) in [5, 5.41) is 0.843. The summed E-state index contributed by atoms with van der Waals surface area (Å²) in [6.07, 6.45) is 0. The SMILES string of the molecule is Cc1ccc2sc(C)cc2c(=O)c1. The van der Waals surface area contributed by atoms with Crippen LogP contribution in [-0.2, 0) is 0 Å². The molecule has 13 heavy (non-hydrogen) atoms. The lowest BCUT2D eigenvalue weighted by atomic mass is 10.3. The predicted molar refractivity (Wildman–Crippen MR) is 57.6 cm³/mol. The van der Waals surface area contributed by atoms with E-state index in [1.807, 2.05) is 32.0 Å². The van der Waals surface area contributed by atoms with Crippen LogP contribution in [0.15, 0.2) is 29.1 Å². The van der Waals surface area contributed by atoms with E-state index in [0.29, 0.717) is 0 Å². The molecule has 0 spiro atoms. The molecule has 0 aliphatic carbocycles. The average Bonchev–Trinajstić information content (AvgIpc) is 2.38. The van der Waals surface area contributed by atoms with Crippen LogP contribution in [0.3, 0.4) is 0 Å². The molecule has 0 fully saturated rings. The van der Waals surface area contributed by atoms with Gasteiger partial charge in [0.25, 0.3) is 0 Å². The van der Waals surface area contributed by atoms with Crippen LogP contribution in [-0.4, -0.2) is 0 Å². The molecule has 1 aromatic carbocycles. The van der Waals surface area contributed by atoms with Gasteiger partial charge in [-0.1, -0.05) is 6.07 Å². The topological polar surface area (TPSA) is 17.1 Å². The van der Waals surface area contributed by atoms with Gasteiger partial charge in [0.1, 0.15) is 0 Å². The Hall–Kier alpha value is -1.15. The van der Waals surface area contributed by atoms with E-state index in [9.17, 15) is 4.79 Å². The number of hydrogen-bond acceptors (Lipinski definition) is 2. The summed E-state index contributed by atoms with van der Waals surface area (Å²) in [6, 6.07) is 7.65. The van der Waals surface area contributed by atoms with E-state index in [4.69, 9.17) is 0 Å². The van der Waals surface area contributed by atoms with E-state index in [2.05, 4.69) is 0 Å². The first-order valence-corrected chi connectivity index (χ1v) is 4.99. The molecular formula is C11H10OS. The Kier molecular flexibility index (Phi) is 1.93. The summed E-state index contributed by atoms with van der Waals surface area (Å²) >= 11 is 1.67. The van der Waals surface area contributed by atoms with E-state index < -0.39 is 0 Å². The minimum atomic E-state index is 0.127. The van der Waals surface area contributed by atoms with Crippen molar-refractivity contribution >= 4 is 21.4 Å². The van der Waals surface area contributed by atoms with Crippen LogP contribution in [0.4, 0.5) is 0 Å². The van der Waals surface area contributed by atoms with Crippen LogP contribution in [0.1, 0.15) is 10.4 Å². The van der Waals surface area contributed by atoms with E-state index in [1.54, 1.807) is 17.4 Å². The van der Waals surface area contributed by atoms with Gasteiger partial charge in [0.15, 0.2) is 5.43 Å². The van der Waals surface area contributed by atoms with Crippen LogP contribution in [0.25, 0.3) is 10.1 Å². The molecule has 0 bridgehead atoms. The van der Waals surface area contributed by atoms with Crippen molar-refractivity contribution in [2.75, 3.05) is 0 Å². The fraction of sp³-hybridized carbons (Fsp3) is 0.182. The van der Waals surface area contributed by atoms with Gasteiger partial charge >= 0.3 is 0 Å². The van der Waals surface area contributed by atoms with E-state index in [0.717, 1.165) is 15.6 Å². The monoisotopic (exact) mass is 190 g/mol. The summed E-state index contributed by atoms with van der Waals surface area (Å²) < 4.78 is 1.08. The molecule has 0 radical (unpaired) electrons. The lowest BCUT2D eigenvalue weighted by molar-refractivity contribution is 1.49. The Balaban J connectivity index is 2.99. The van der Waals surface area contributed by atoms with E-state index >= 15 is 0 Å². The predicted octanol–water partition coefficient (Wildman–Crippen LogP) is 2.88. The molecule has 2 aromatic rings. The largest absolute Gasteiger partial charge is 0.289 e. The maximum atomic E-state index is 11.6. The first-order valence-electron chi connectivity index (χ1n) is 4.18. The molecule has 0 atom stereocenters. The minimum Gasteiger partial charge on any atom is -0.289 e. The zero-order valence-electron chi connectivity index (χ0n) is 7.63. The molecule has 0 aliphatic rings. The Bertz CT molecular complexity index is 511. The fourth-order valence-electron chi connectivity index (χ4n) is 1.39. The number of hydrogen-bond donors (Lipinski definition) is 0. The Morgan fingerprint density at radius 3 is 2.69 bits per heavy atom. The molecule has 2 rings (SSSR count). The van der Waals surface area contributed by atoms with Crippen LogP contribution in [0.5, 0.6) is 0 Å². The lowest BCUT2D eigenvalue weighted by Crippen LogP contribution is -1.93. The number of rotatable bonds is 0. The van der Waals surface area contributed by atoms with Crippen molar-refractivity contribution in [1.82, 2.24) is 0 Å². The van der Waals surface area contributed by atoms with E-state index in [1.165, 1.54) is 4.88 Å². The zero-order chi connectivity index (χ0) is 9.42. The van der Waals surface area contributed by atoms with Crippen molar-refractivity contribution < 1.29 is 0 Å². The van der Waals surface area contributed by atoms with Gasteiger partial charge in [-0.15, -0.1) is 11.3 Å². The Labute approximate surface area is 80.7 Å². The maximum absolute atomic E-state index is 11.6. The molecule has 0 saturated carbocycles. The first kappa shape index (κ1) is 8.45. The quantitative estimate of drug-likeness (QED) is 0.624. The second-order valence-corrected chi connectivity index (χ2v) is 4.51. The molecule has 1 nitrogen and oxygen atoms in total. The summed E-state index contributed by atoms with van der Waals surface area (Å²) in [5.41, 5.74) is 1.15. The Morgan fingerprint density at radius 2 is 1.92 bits per heavy atom. The molecule has 66 valence electrons. The Morgan fingerprint density at radius 1 is 1.15 bits per heavy atom. The van der Waals surface area contributed by atoms with Gasteiger partial charge in [0.2, 0.25) is 0 Å². The summed E-state index contributed by atoms with van der Waals surface area (Å²) in [4.78, 5) is 12.8. The second kappa shape index (κ2) is 2.96. The van der Waals surface area contributed by atoms with Gasteiger partial charge in [-0.2, -0.15) is 0 Å². The molecular weight excluding hydrogens is 180 g/mol. The van der Waals surface area contributed by atoms with Gasteiger partial charge < -0.3 is 0 Å². The number of fused-ring (bicyclic) bond motifs is 1. The third-order valence-electron chi connectivity index (χ3n) is 2.01. The van der Waals surface area contributed by atoms with Crippen molar-refractivity contribution in [2.24, 2.45) is 0 Å². The average molecular weight is 190 g/mol. The molecule has 0 N–H and O–H groups in total. The molecule has 1 aromatic heterocycles. The van der Waals surface area contributed by atoms with Crippen LogP contribution in [0.2, 0.25) is 0 Å². The maximum Gasteiger partial charge on any atom is 0.187 e. The summed E-state index contributed by atoms with van der Waals surface area (Å²) in [7, 11) is 0. The highest BCUT2D eigenvalue weighted by Crippen LogP contribution is 2.21. The molecule has 1 heterocycles. The van der Waals surface area contributed by atoms with Crippen molar-refractivity contribution in [2.45, 2.75) is 13.8 Å². The molecule has 2 heteroatoms. The smallest absolute Gasteiger partial charge is 0.187 e. The highest BCUT2D eigenvalue weighted by Gasteiger charge is 1.99. The van der Waals surface area contributed by atoms with Gasteiger partial charge in [0, 0.05) is 15.0 Å². The van der Waals surface area contributed by atoms with Gasteiger partial charge in [-0.25, -0.2) is 0 Å². The van der Waals surface area contributed by atoms with Gasteiger partial charge in [-0.3, -0.25) is 4.79 Å². The highest BCUT2D eigenvalue weighted by atomic mass is 32.1. The lowest BCUT2D eigenvalue weighted by Gasteiger charge is -1.76. The van der Waals surface area contributed by atoms with Crippen LogP contribution >= 0.6 is 11.3 Å². The van der Waals surface area contributed by atoms with Gasteiger partial charge in [-0.05, 0) is 37.6 Å². The van der Waals surface area contributed by atoms with Gasteiger partial charge in [0.05, 0.1) is 0 Å². The third kappa shape index (κ3) is 1.49. The molecule has 0 aliphatic heterocycles. The van der Waals surface area contributed by atoms with Crippen molar-refractivity contribution in [3.63, 3.8) is 0 Å². The first-order chi connectivity index (χ1) is 6.16. The third-order valence-corrected chi connectivity index (χ3v) is 3.02. The number of aryl methyl sites for hydroxylation is 2. The summed E-state index contributed by atoms with van der Waals surface area (Å²) in [6.45, 7) is 3.97. The fourth-order valence-corrected chi connectivity index (χ4v) is 2.32. The zero-order valence-corrected chi connectivity index (χ0v) is 8.44. The molecule has 0 unspecified atom stereocenters. The highest BCUT2D eigenvalue weighted by molar-refractivity contribution is 7.18. The molecule has 0 saturated heterocycles. The van der Waals surface area contributed by atoms with Crippen LogP contribution < -0.4 is 5.43 Å².